The van der Waals surface area contributed by atoms with Crippen molar-refractivity contribution in [2.24, 2.45) is 0 Å². The molecule has 0 radical (unpaired) electrons. The number of aliphatic carboxylic acids is 1. The molecule has 6 nitrogen and oxygen atoms in total. The lowest BCUT2D eigenvalue weighted by atomic mass is 10.1. The molecule has 112 valence electrons. The second-order valence-corrected chi connectivity index (χ2v) is 5.13. The quantitative estimate of drug-likeness (QED) is 0.846. The normalized spacial score (nSPS) is 13.2. The number of amides is 2. The Labute approximate surface area is 123 Å². The molecule has 0 atom stereocenters. The minimum Gasteiger partial charge on any atom is -0.481 e. The van der Waals surface area contributed by atoms with Crippen molar-refractivity contribution in [1.82, 2.24) is 9.80 Å². The Hall–Kier alpha value is -2.37. The van der Waals surface area contributed by atoms with E-state index >= 15 is 0 Å². The zero-order valence-electron chi connectivity index (χ0n) is 11.9. The van der Waals surface area contributed by atoms with Crippen LogP contribution in [-0.4, -0.2) is 52.8 Å². The third-order valence-electron chi connectivity index (χ3n) is 3.53. The lowest BCUT2D eigenvalue weighted by molar-refractivity contribution is -0.138. The van der Waals surface area contributed by atoms with Gasteiger partial charge in [-0.1, -0.05) is 18.2 Å². The third-order valence-corrected chi connectivity index (χ3v) is 3.53. The number of carbonyl (C=O) groups is 3. The maximum absolute atomic E-state index is 12.1. The maximum Gasteiger partial charge on any atom is 0.303 e. The van der Waals surface area contributed by atoms with E-state index in [1.165, 1.54) is 9.80 Å². The number of likely N-dealkylation sites (N-methyl/N-ethyl adjacent to an activating group) is 1. The van der Waals surface area contributed by atoms with Crippen LogP contribution in [-0.2, 0) is 16.1 Å². The molecule has 1 aliphatic rings. The molecular weight excluding hydrogens is 272 g/mol. The first kappa shape index (κ1) is 15.0. The van der Waals surface area contributed by atoms with E-state index in [1.54, 1.807) is 19.2 Å². The standard InChI is InChI=1S/C15H18N2O4/c1-16(8-4-7-14(19)20)13(18)10-17-9-11-5-2-3-6-12(11)15(17)21/h2-3,5-6H,4,7-10H2,1H3,(H,19,20). The number of hydrogen-bond acceptors (Lipinski definition) is 3. The Balaban J connectivity index is 1.87. The molecule has 0 aromatic heterocycles. The number of carboxylic acid groups (broad SMARTS) is 1. The van der Waals surface area contributed by atoms with Gasteiger partial charge in [-0.25, -0.2) is 0 Å². The average Bonchev–Trinajstić information content (AvgIpc) is 2.75. The summed E-state index contributed by atoms with van der Waals surface area (Å²) in [6, 6.07) is 7.32. The lowest BCUT2D eigenvalue weighted by Gasteiger charge is -2.21. The Kier molecular flexibility index (Phi) is 4.57. The molecule has 0 fully saturated rings. The summed E-state index contributed by atoms with van der Waals surface area (Å²) in [4.78, 5) is 37.6. The van der Waals surface area contributed by atoms with Gasteiger partial charge in [-0.15, -0.1) is 0 Å². The fourth-order valence-corrected chi connectivity index (χ4v) is 2.32. The minimum absolute atomic E-state index is 0.0249. The molecule has 0 saturated heterocycles. The summed E-state index contributed by atoms with van der Waals surface area (Å²) >= 11 is 0. The summed E-state index contributed by atoms with van der Waals surface area (Å²) in [5, 5.41) is 8.57. The van der Waals surface area contributed by atoms with Crippen LogP contribution >= 0.6 is 0 Å². The van der Waals surface area contributed by atoms with E-state index in [1.807, 2.05) is 12.1 Å². The van der Waals surface area contributed by atoms with Gasteiger partial charge in [-0.2, -0.15) is 0 Å². The van der Waals surface area contributed by atoms with Crippen molar-refractivity contribution in [2.75, 3.05) is 20.1 Å². The van der Waals surface area contributed by atoms with Crippen LogP contribution in [0.3, 0.4) is 0 Å². The zero-order valence-corrected chi connectivity index (χ0v) is 11.9. The predicted octanol–water partition coefficient (Wildman–Crippen LogP) is 0.966. The summed E-state index contributed by atoms with van der Waals surface area (Å²) < 4.78 is 0. The minimum atomic E-state index is -0.874. The number of hydrogen-bond donors (Lipinski definition) is 1. The van der Waals surface area contributed by atoms with Gasteiger partial charge in [0.25, 0.3) is 5.91 Å². The molecule has 2 amide bonds. The molecule has 1 aliphatic heterocycles. The topological polar surface area (TPSA) is 77.9 Å². The van der Waals surface area contributed by atoms with Gasteiger partial charge in [-0.05, 0) is 18.1 Å². The monoisotopic (exact) mass is 290 g/mol. The van der Waals surface area contributed by atoms with Crippen molar-refractivity contribution in [1.29, 1.82) is 0 Å². The van der Waals surface area contributed by atoms with Crippen molar-refractivity contribution in [3.63, 3.8) is 0 Å². The van der Waals surface area contributed by atoms with E-state index in [2.05, 4.69) is 0 Å². The van der Waals surface area contributed by atoms with Crippen LogP contribution in [0.5, 0.6) is 0 Å². The molecule has 0 bridgehead atoms. The summed E-state index contributed by atoms with van der Waals surface area (Å²) in [6.45, 7) is 0.848. The van der Waals surface area contributed by atoms with Crippen LogP contribution in [0.4, 0.5) is 0 Å². The Bertz CT molecular complexity index is 571. The first-order valence-electron chi connectivity index (χ1n) is 6.82. The summed E-state index contributed by atoms with van der Waals surface area (Å²) in [5.41, 5.74) is 1.59. The van der Waals surface area contributed by atoms with E-state index in [0.29, 0.717) is 25.1 Å². The molecule has 1 heterocycles. The number of benzene rings is 1. The van der Waals surface area contributed by atoms with Gasteiger partial charge >= 0.3 is 5.97 Å². The van der Waals surface area contributed by atoms with E-state index < -0.39 is 5.97 Å². The van der Waals surface area contributed by atoms with Gasteiger partial charge in [0.05, 0.1) is 0 Å². The Morgan fingerprint density at radius 2 is 2.05 bits per heavy atom. The zero-order chi connectivity index (χ0) is 15.4. The van der Waals surface area contributed by atoms with E-state index in [0.717, 1.165) is 5.56 Å². The number of fused-ring (bicyclic) bond motifs is 1. The highest BCUT2D eigenvalue weighted by Gasteiger charge is 2.28. The predicted molar refractivity (Wildman–Crippen MR) is 75.7 cm³/mol. The molecule has 0 saturated carbocycles. The van der Waals surface area contributed by atoms with E-state index in [4.69, 9.17) is 5.11 Å². The third kappa shape index (κ3) is 3.59. The highest BCUT2D eigenvalue weighted by atomic mass is 16.4. The van der Waals surface area contributed by atoms with Crippen molar-refractivity contribution in [2.45, 2.75) is 19.4 Å². The highest BCUT2D eigenvalue weighted by molar-refractivity contribution is 6.00. The van der Waals surface area contributed by atoms with Crippen LogP contribution in [0.2, 0.25) is 0 Å². The van der Waals surface area contributed by atoms with Crippen LogP contribution in [0, 0.1) is 0 Å². The maximum atomic E-state index is 12.1. The van der Waals surface area contributed by atoms with Gasteiger partial charge in [0.2, 0.25) is 5.91 Å². The largest absolute Gasteiger partial charge is 0.481 e. The summed E-state index contributed by atoms with van der Waals surface area (Å²) in [6.07, 6.45) is 0.442. The molecule has 1 N–H and O–H groups in total. The van der Waals surface area contributed by atoms with Gasteiger partial charge in [0, 0.05) is 32.1 Å². The van der Waals surface area contributed by atoms with Crippen LogP contribution in [0.25, 0.3) is 0 Å². The fraction of sp³-hybridized carbons (Fsp3) is 0.400. The molecular formula is C15H18N2O4. The van der Waals surface area contributed by atoms with Crippen molar-refractivity contribution in [3.8, 4) is 0 Å². The molecule has 2 rings (SSSR count). The smallest absolute Gasteiger partial charge is 0.303 e. The number of carboxylic acids is 1. The number of nitrogens with zero attached hydrogens (tertiary/aromatic N) is 2. The molecule has 1 aromatic rings. The fourth-order valence-electron chi connectivity index (χ4n) is 2.32. The first-order valence-corrected chi connectivity index (χ1v) is 6.82. The Morgan fingerprint density at radius 1 is 1.33 bits per heavy atom. The van der Waals surface area contributed by atoms with Crippen LogP contribution < -0.4 is 0 Å². The average molecular weight is 290 g/mol. The highest BCUT2D eigenvalue weighted by Crippen LogP contribution is 2.21. The van der Waals surface area contributed by atoms with Crippen LogP contribution in [0.15, 0.2) is 24.3 Å². The molecule has 6 heteroatoms. The van der Waals surface area contributed by atoms with Gasteiger partial charge in [0.15, 0.2) is 0 Å². The van der Waals surface area contributed by atoms with Gasteiger partial charge in [0.1, 0.15) is 6.54 Å². The number of carbonyl (C=O) groups excluding carboxylic acids is 2. The van der Waals surface area contributed by atoms with Crippen molar-refractivity contribution >= 4 is 17.8 Å². The SMILES string of the molecule is CN(CCCC(=O)O)C(=O)CN1Cc2ccccc2C1=O. The first-order chi connectivity index (χ1) is 9.99. The second kappa shape index (κ2) is 6.39. The second-order valence-electron chi connectivity index (χ2n) is 5.13. The van der Waals surface area contributed by atoms with E-state index in [-0.39, 0.29) is 24.8 Å². The van der Waals surface area contributed by atoms with Crippen molar-refractivity contribution in [3.05, 3.63) is 35.4 Å². The molecule has 0 spiro atoms. The molecule has 1 aromatic carbocycles. The number of rotatable bonds is 6. The summed E-state index contributed by atoms with van der Waals surface area (Å²) in [5.74, 6) is -1.18. The Morgan fingerprint density at radius 3 is 2.71 bits per heavy atom. The van der Waals surface area contributed by atoms with Gasteiger partial charge in [-0.3, -0.25) is 14.4 Å². The van der Waals surface area contributed by atoms with Gasteiger partial charge < -0.3 is 14.9 Å². The van der Waals surface area contributed by atoms with Crippen LogP contribution in [0.1, 0.15) is 28.8 Å². The molecule has 0 aliphatic carbocycles. The molecule has 0 unspecified atom stereocenters. The summed E-state index contributed by atoms with van der Waals surface area (Å²) in [7, 11) is 1.62. The van der Waals surface area contributed by atoms with Crippen molar-refractivity contribution < 1.29 is 19.5 Å². The molecule has 21 heavy (non-hydrogen) atoms. The lowest BCUT2D eigenvalue weighted by Crippen LogP contribution is -2.39. The van der Waals surface area contributed by atoms with E-state index in [9.17, 15) is 14.4 Å².